The van der Waals surface area contributed by atoms with Crippen LogP contribution in [0.4, 0.5) is 0 Å². The van der Waals surface area contributed by atoms with Crippen LogP contribution in [-0.4, -0.2) is 60.1 Å². The Morgan fingerprint density at radius 2 is 1.70 bits per heavy atom. The highest BCUT2D eigenvalue weighted by Gasteiger charge is 2.19. The Hall–Kier alpha value is -3.68. The molecule has 4 aromatic rings. The van der Waals surface area contributed by atoms with E-state index >= 15 is 0 Å². The van der Waals surface area contributed by atoms with Gasteiger partial charge in [0, 0.05) is 25.2 Å². The third-order valence-electron chi connectivity index (χ3n) is 5.91. The van der Waals surface area contributed by atoms with Crippen molar-refractivity contribution in [3.8, 4) is 22.7 Å². The van der Waals surface area contributed by atoms with E-state index in [1.807, 2.05) is 42.5 Å². The minimum absolute atomic E-state index is 0.0651. The second-order valence-electron chi connectivity index (χ2n) is 7.91. The average molecular weight is 442 g/mol. The largest absolute Gasteiger partial charge is 0.545 e. The molecule has 33 heavy (non-hydrogen) atoms. The van der Waals surface area contributed by atoms with Crippen LogP contribution < -0.4 is 9.84 Å². The van der Waals surface area contributed by atoms with Gasteiger partial charge in [0.05, 0.1) is 36.6 Å². The third kappa shape index (κ3) is 4.33. The zero-order chi connectivity index (χ0) is 22.6. The van der Waals surface area contributed by atoms with Gasteiger partial charge in [0.2, 0.25) is 5.88 Å². The maximum absolute atomic E-state index is 11.8. The Kier molecular flexibility index (Phi) is 6.06. The Morgan fingerprint density at radius 1 is 0.970 bits per heavy atom. The molecular weight excluding hydrogens is 418 g/mol. The van der Waals surface area contributed by atoms with Crippen LogP contribution in [0.2, 0.25) is 0 Å². The molecule has 0 radical (unpaired) electrons. The molecule has 0 atom stereocenters. The van der Waals surface area contributed by atoms with Crippen LogP contribution >= 0.6 is 0 Å². The van der Waals surface area contributed by atoms with Crippen molar-refractivity contribution in [2.75, 3.05) is 39.5 Å². The Balaban J connectivity index is 1.53. The van der Waals surface area contributed by atoms with Gasteiger partial charge in [0.15, 0.2) is 0 Å². The number of rotatable bonds is 7. The normalized spacial score (nSPS) is 14.4. The van der Waals surface area contributed by atoms with E-state index in [1.54, 1.807) is 4.68 Å². The van der Waals surface area contributed by atoms with Crippen LogP contribution in [0.5, 0.6) is 5.88 Å². The maximum Gasteiger partial charge on any atom is 0.226 e. The Bertz CT molecular complexity index is 1270. The number of aromatic nitrogens is 2. The van der Waals surface area contributed by atoms with Gasteiger partial charge in [-0.2, -0.15) is 9.78 Å². The summed E-state index contributed by atoms with van der Waals surface area (Å²) in [4.78, 5) is 14.0. The van der Waals surface area contributed by atoms with Gasteiger partial charge < -0.3 is 19.4 Å². The van der Waals surface area contributed by atoms with Gasteiger partial charge in [-0.15, -0.1) is 0 Å². The Morgan fingerprint density at radius 3 is 2.55 bits per heavy atom. The summed E-state index contributed by atoms with van der Waals surface area (Å²) in [6, 6.07) is 22.1. The van der Waals surface area contributed by atoms with Crippen molar-refractivity contribution in [1.82, 2.24) is 14.7 Å². The number of hydrogen-bond donors (Lipinski definition) is 0. The molecule has 7 nitrogen and oxygen atoms in total. The summed E-state index contributed by atoms with van der Waals surface area (Å²) in [6.07, 6.45) is 1.29. The zero-order valence-electron chi connectivity index (χ0n) is 18.1. The summed E-state index contributed by atoms with van der Waals surface area (Å²) >= 11 is 0. The molecule has 0 unspecified atom stereocenters. The van der Waals surface area contributed by atoms with Gasteiger partial charge >= 0.3 is 0 Å². The topological polar surface area (TPSA) is 79.6 Å². The maximum atomic E-state index is 11.8. The molecule has 1 aliphatic rings. The van der Waals surface area contributed by atoms with Gasteiger partial charge in [-0.25, -0.2) is 0 Å². The predicted molar refractivity (Wildman–Crippen MR) is 124 cm³/mol. The average Bonchev–Trinajstić information content (AvgIpc) is 3.28. The molecular formula is C26H24N3O4-. The highest BCUT2D eigenvalue weighted by molar-refractivity contribution is 5.98. The van der Waals surface area contributed by atoms with Crippen LogP contribution in [0.15, 0.2) is 72.9 Å². The molecule has 5 rings (SSSR count). The highest BCUT2D eigenvalue weighted by atomic mass is 16.5. The van der Waals surface area contributed by atoms with Crippen LogP contribution in [0, 0.1) is 0 Å². The number of aromatic carboxylic acids is 1. The lowest BCUT2D eigenvalue weighted by Crippen LogP contribution is -2.38. The lowest BCUT2D eigenvalue weighted by Gasteiger charge is -2.26. The van der Waals surface area contributed by atoms with Crippen molar-refractivity contribution >= 4 is 16.7 Å². The molecule has 2 heterocycles. The number of carboxylic acids is 1. The van der Waals surface area contributed by atoms with E-state index in [-0.39, 0.29) is 11.4 Å². The van der Waals surface area contributed by atoms with E-state index in [1.165, 1.54) is 6.20 Å². The number of carbonyl (C=O) groups excluding carboxylic acids is 1. The summed E-state index contributed by atoms with van der Waals surface area (Å²) in [5.41, 5.74) is 2.64. The van der Waals surface area contributed by atoms with Crippen LogP contribution in [0.1, 0.15) is 10.4 Å². The molecule has 0 N–H and O–H groups in total. The number of hydrogen-bond acceptors (Lipinski definition) is 6. The molecule has 0 aliphatic carbocycles. The molecule has 3 aromatic carbocycles. The number of nitrogens with zero attached hydrogens (tertiary/aromatic N) is 3. The summed E-state index contributed by atoms with van der Waals surface area (Å²) in [6.45, 7) is 4.06. The van der Waals surface area contributed by atoms with Crippen molar-refractivity contribution in [2.45, 2.75) is 0 Å². The number of benzene rings is 3. The molecule has 1 fully saturated rings. The van der Waals surface area contributed by atoms with Crippen molar-refractivity contribution in [1.29, 1.82) is 0 Å². The smallest absolute Gasteiger partial charge is 0.226 e. The fourth-order valence-corrected chi connectivity index (χ4v) is 4.23. The minimum atomic E-state index is -1.31. The molecule has 0 saturated carbocycles. The number of carbonyl (C=O) groups is 1. The first-order chi connectivity index (χ1) is 16.2. The van der Waals surface area contributed by atoms with Crippen molar-refractivity contribution in [3.63, 3.8) is 0 Å². The van der Waals surface area contributed by atoms with Gasteiger partial charge in [-0.1, -0.05) is 60.7 Å². The minimum Gasteiger partial charge on any atom is -0.545 e. The number of fused-ring (bicyclic) bond motifs is 1. The fourth-order valence-electron chi connectivity index (χ4n) is 4.23. The molecule has 1 aromatic heterocycles. The second-order valence-corrected chi connectivity index (χ2v) is 7.91. The number of para-hydroxylation sites is 1. The fraction of sp³-hybridized carbons (Fsp3) is 0.231. The van der Waals surface area contributed by atoms with E-state index in [4.69, 9.17) is 9.47 Å². The third-order valence-corrected chi connectivity index (χ3v) is 5.91. The van der Waals surface area contributed by atoms with E-state index in [2.05, 4.69) is 34.3 Å². The summed E-state index contributed by atoms with van der Waals surface area (Å²) in [7, 11) is 0. The van der Waals surface area contributed by atoms with Crippen LogP contribution in [-0.2, 0) is 4.74 Å². The lowest BCUT2D eigenvalue weighted by atomic mass is 9.97. The van der Waals surface area contributed by atoms with Crippen molar-refractivity contribution in [3.05, 3.63) is 78.5 Å². The number of ether oxygens (including phenoxy) is 2. The molecule has 168 valence electrons. The summed E-state index contributed by atoms with van der Waals surface area (Å²) in [5, 5.41) is 18.4. The molecule has 0 bridgehead atoms. The molecule has 0 amide bonds. The van der Waals surface area contributed by atoms with Gasteiger partial charge in [-0.3, -0.25) is 4.90 Å². The summed E-state index contributed by atoms with van der Waals surface area (Å²) in [5.74, 6) is -1.14. The van der Waals surface area contributed by atoms with E-state index in [0.717, 1.165) is 40.7 Å². The predicted octanol–water partition coefficient (Wildman–Crippen LogP) is 2.77. The van der Waals surface area contributed by atoms with E-state index in [9.17, 15) is 9.90 Å². The molecule has 0 spiro atoms. The van der Waals surface area contributed by atoms with Gasteiger partial charge in [0.1, 0.15) is 6.61 Å². The molecule has 1 saturated heterocycles. The summed E-state index contributed by atoms with van der Waals surface area (Å²) < 4.78 is 12.9. The van der Waals surface area contributed by atoms with Crippen molar-refractivity contribution in [2.24, 2.45) is 0 Å². The van der Waals surface area contributed by atoms with E-state index < -0.39 is 5.97 Å². The SMILES string of the molecule is O=C([O-])c1cnn(-c2ccccc2-c2cccc3ccccc23)c1OCCN1CCOCC1. The molecule has 1 aliphatic heterocycles. The first kappa shape index (κ1) is 21.2. The highest BCUT2D eigenvalue weighted by Crippen LogP contribution is 2.34. The first-order valence-electron chi connectivity index (χ1n) is 11.0. The monoisotopic (exact) mass is 442 g/mol. The first-order valence-corrected chi connectivity index (χ1v) is 11.0. The zero-order valence-corrected chi connectivity index (χ0v) is 18.1. The Labute approximate surface area is 191 Å². The number of morpholine rings is 1. The van der Waals surface area contributed by atoms with Gasteiger partial charge in [0.25, 0.3) is 0 Å². The lowest BCUT2D eigenvalue weighted by molar-refractivity contribution is -0.255. The standard InChI is InChI=1S/C26H25N3O4/c30-26(31)23-18-27-29(25(23)33-17-14-28-12-15-32-16-13-28)24-11-4-3-9-22(24)21-10-5-7-19-6-1-2-8-20(19)21/h1-11,18H,12-17H2,(H,30,31)/p-1. The number of carboxylic acid groups (broad SMARTS) is 1. The van der Waals surface area contributed by atoms with Crippen molar-refractivity contribution < 1.29 is 19.4 Å². The van der Waals surface area contributed by atoms with Gasteiger partial charge in [-0.05, 0) is 22.4 Å². The van der Waals surface area contributed by atoms with Crippen LogP contribution in [0.3, 0.4) is 0 Å². The van der Waals surface area contributed by atoms with E-state index in [0.29, 0.717) is 26.4 Å². The van der Waals surface area contributed by atoms with Crippen LogP contribution in [0.25, 0.3) is 27.6 Å². The quantitative estimate of drug-likeness (QED) is 0.438. The second kappa shape index (κ2) is 9.44. The molecule has 7 heteroatoms.